The Bertz CT molecular complexity index is 551. The second-order valence-corrected chi connectivity index (χ2v) is 6.04. The Balaban J connectivity index is 2.49. The van der Waals surface area contributed by atoms with E-state index in [0.29, 0.717) is 22.8 Å². The summed E-state index contributed by atoms with van der Waals surface area (Å²) in [6.07, 6.45) is 2.37. The number of nitrogens with one attached hydrogen (secondary N) is 2. The van der Waals surface area contributed by atoms with Gasteiger partial charge in [-0.2, -0.15) is 11.8 Å². The zero-order chi connectivity index (χ0) is 17.2. The van der Waals surface area contributed by atoms with Crippen LogP contribution in [0.1, 0.15) is 16.8 Å². The third-order valence-electron chi connectivity index (χ3n) is 2.95. The van der Waals surface area contributed by atoms with Crippen LogP contribution in [0.2, 0.25) is 5.02 Å². The molecule has 8 heteroatoms. The minimum Gasteiger partial charge on any atom is -0.467 e. The Hall–Kier alpha value is -1.73. The number of thioether (sulfide) groups is 1. The second kappa shape index (κ2) is 10.1. The number of amides is 2. The third kappa shape index (κ3) is 6.92. The van der Waals surface area contributed by atoms with Crippen LogP contribution in [-0.2, 0) is 14.3 Å². The smallest absolute Gasteiger partial charge is 0.328 e. The maximum atomic E-state index is 11.9. The SMILES string of the molecule is COC(=O)[C@H](CCSC)NC(=O)CNC(=O)c1ccc(Cl)cc1. The van der Waals surface area contributed by atoms with Gasteiger partial charge in [0.2, 0.25) is 5.91 Å². The van der Waals surface area contributed by atoms with Crippen molar-refractivity contribution in [2.75, 3.05) is 25.7 Å². The molecular weight excluding hydrogens is 340 g/mol. The number of carbonyl (C=O) groups excluding carboxylic acids is 3. The summed E-state index contributed by atoms with van der Waals surface area (Å²) in [6, 6.07) is 5.59. The van der Waals surface area contributed by atoms with E-state index < -0.39 is 23.8 Å². The van der Waals surface area contributed by atoms with E-state index in [1.54, 1.807) is 36.0 Å². The number of halogens is 1. The lowest BCUT2D eigenvalue weighted by molar-refractivity contribution is -0.145. The van der Waals surface area contributed by atoms with Gasteiger partial charge in [-0.05, 0) is 42.7 Å². The van der Waals surface area contributed by atoms with Crippen LogP contribution >= 0.6 is 23.4 Å². The molecule has 0 heterocycles. The summed E-state index contributed by atoms with van der Waals surface area (Å²) >= 11 is 7.31. The maximum Gasteiger partial charge on any atom is 0.328 e. The Morgan fingerprint density at radius 3 is 2.48 bits per heavy atom. The van der Waals surface area contributed by atoms with Crippen molar-refractivity contribution in [1.29, 1.82) is 0 Å². The van der Waals surface area contributed by atoms with Gasteiger partial charge in [0.1, 0.15) is 6.04 Å². The Kier molecular flexibility index (Phi) is 8.50. The summed E-state index contributed by atoms with van der Waals surface area (Å²) in [5.74, 6) is -0.646. The first-order valence-corrected chi connectivity index (χ1v) is 8.65. The van der Waals surface area contributed by atoms with Crippen molar-refractivity contribution in [3.63, 3.8) is 0 Å². The fourth-order valence-corrected chi connectivity index (χ4v) is 2.33. The van der Waals surface area contributed by atoms with Gasteiger partial charge < -0.3 is 15.4 Å². The Morgan fingerprint density at radius 2 is 1.91 bits per heavy atom. The molecule has 0 spiro atoms. The van der Waals surface area contributed by atoms with E-state index in [4.69, 9.17) is 11.6 Å². The van der Waals surface area contributed by atoms with Crippen LogP contribution in [0.15, 0.2) is 24.3 Å². The average Bonchev–Trinajstić information content (AvgIpc) is 2.56. The second-order valence-electron chi connectivity index (χ2n) is 4.61. The first kappa shape index (κ1) is 19.3. The van der Waals surface area contributed by atoms with Crippen molar-refractivity contribution >= 4 is 41.1 Å². The maximum absolute atomic E-state index is 11.9. The monoisotopic (exact) mass is 358 g/mol. The Morgan fingerprint density at radius 1 is 1.26 bits per heavy atom. The molecule has 1 aromatic rings. The standard InChI is InChI=1S/C15H19ClN2O4S/c1-22-15(21)12(7-8-23-2)18-13(19)9-17-14(20)10-3-5-11(16)6-4-10/h3-6,12H,7-9H2,1-2H3,(H,17,20)(H,18,19)/t12-/m0/s1. The molecule has 0 bridgehead atoms. The molecule has 2 amide bonds. The summed E-state index contributed by atoms with van der Waals surface area (Å²) in [4.78, 5) is 35.3. The van der Waals surface area contributed by atoms with Crippen LogP contribution in [0.3, 0.4) is 0 Å². The number of carbonyl (C=O) groups is 3. The molecule has 0 aliphatic heterocycles. The van der Waals surface area contributed by atoms with Crippen molar-refractivity contribution in [3.05, 3.63) is 34.9 Å². The lowest BCUT2D eigenvalue weighted by atomic mass is 10.2. The highest BCUT2D eigenvalue weighted by atomic mass is 35.5. The van der Waals surface area contributed by atoms with Crippen molar-refractivity contribution in [2.45, 2.75) is 12.5 Å². The molecule has 126 valence electrons. The lowest BCUT2D eigenvalue weighted by Crippen LogP contribution is -2.46. The molecule has 6 nitrogen and oxygen atoms in total. The fraction of sp³-hybridized carbons (Fsp3) is 0.400. The van der Waals surface area contributed by atoms with Crippen LogP contribution in [0.25, 0.3) is 0 Å². The van der Waals surface area contributed by atoms with Gasteiger partial charge in [-0.25, -0.2) is 4.79 Å². The summed E-state index contributed by atoms with van der Waals surface area (Å²) in [5, 5.41) is 5.56. The zero-order valence-electron chi connectivity index (χ0n) is 12.9. The van der Waals surface area contributed by atoms with Crippen LogP contribution in [0.4, 0.5) is 0 Å². The Labute approximate surface area is 144 Å². The summed E-state index contributed by atoms with van der Waals surface area (Å²) in [5.41, 5.74) is 0.397. The highest BCUT2D eigenvalue weighted by Crippen LogP contribution is 2.09. The minimum atomic E-state index is -0.715. The fourth-order valence-electron chi connectivity index (χ4n) is 1.74. The highest BCUT2D eigenvalue weighted by molar-refractivity contribution is 7.98. The van der Waals surface area contributed by atoms with Gasteiger partial charge in [-0.1, -0.05) is 11.6 Å². The quantitative estimate of drug-likeness (QED) is 0.688. The van der Waals surface area contributed by atoms with Crippen LogP contribution in [0, 0.1) is 0 Å². The average molecular weight is 359 g/mol. The van der Waals surface area contributed by atoms with E-state index in [0.717, 1.165) is 0 Å². The van der Waals surface area contributed by atoms with E-state index in [1.165, 1.54) is 7.11 Å². The van der Waals surface area contributed by atoms with Gasteiger partial charge in [0.15, 0.2) is 0 Å². The first-order valence-electron chi connectivity index (χ1n) is 6.87. The molecular formula is C15H19ClN2O4S. The van der Waals surface area contributed by atoms with Gasteiger partial charge in [-0.3, -0.25) is 9.59 Å². The number of ether oxygens (including phenoxy) is 1. The van der Waals surface area contributed by atoms with Crippen molar-refractivity contribution in [1.82, 2.24) is 10.6 Å². The number of hydrogen-bond donors (Lipinski definition) is 2. The van der Waals surface area contributed by atoms with E-state index in [1.807, 2.05) is 6.26 Å². The van der Waals surface area contributed by atoms with Gasteiger partial charge in [-0.15, -0.1) is 0 Å². The first-order chi connectivity index (χ1) is 11.0. The summed E-state index contributed by atoms with van der Waals surface area (Å²) < 4.78 is 4.65. The molecule has 1 atom stereocenters. The van der Waals surface area contributed by atoms with Gasteiger partial charge in [0.25, 0.3) is 5.91 Å². The highest BCUT2D eigenvalue weighted by Gasteiger charge is 2.21. The molecule has 0 unspecified atom stereocenters. The molecule has 0 saturated carbocycles. The summed E-state index contributed by atoms with van der Waals surface area (Å²) in [7, 11) is 1.27. The molecule has 1 rings (SSSR count). The van der Waals surface area contributed by atoms with Gasteiger partial charge in [0, 0.05) is 10.6 Å². The topological polar surface area (TPSA) is 84.5 Å². The predicted molar refractivity (Wildman–Crippen MR) is 90.7 cm³/mol. The van der Waals surface area contributed by atoms with Crippen LogP contribution in [-0.4, -0.2) is 49.5 Å². The van der Waals surface area contributed by atoms with E-state index in [2.05, 4.69) is 15.4 Å². The lowest BCUT2D eigenvalue weighted by Gasteiger charge is -2.16. The molecule has 0 aliphatic rings. The number of methoxy groups -OCH3 is 1. The largest absolute Gasteiger partial charge is 0.467 e. The molecule has 0 saturated heterocycles. The molecule has 0 fully saturated rings. The van der Waals surface area contributed by atoms with Gasteiger partial charge >= 0.3 is 5.97 Å². The molecule has 0 aliphatic carbocycles. The van der Waals surface area contributed by atoms with Crippen LogP contribution in [0.5, 0.6) is 0 Å². The predicted octanol–water partition coefficient (Wildman–Crippen LogP) is 1.48. The van der Waals surface area contributed by atoms with E-state index in [-0.39, 0.29) is 6.54 Å². The van der Waals surface area contributed by atoms with Gasteiger partial charge in [0.05, 0.1) is 13.7 Å². The number of hydrogen-bond acceptors (Lipinski definition) is 5. The van der Waals surface area contributed by atoms with E-state index >= 15 is 0 Å². The molecule has 23 heavy (non-hydrogen) atoms. The number of rotatable bonds is 8. The number of esters is 1. The molecule has 2 N–H and O–H groups in total. The van der Waals surface area contributed by atoms with Crippen molar-refractivity contribution in [2.24, 2.45) is 0 Å². The van der Waals surface area contributed by atoms with E-state index in [9.17, 15) is 14.4 Å². The number of benzene rings is 1. The third-order valence-corrected chi connectivity index (χ3v) is 3.84. The summed E-state index contributed by atoms with van der Waals surface area (Å²) in [6.45, 7) is -0.228. The zero-order valence-corrected chi connectivity index (χ0v) is 14.5. The van der Waals surface area contributed by atoms with Crippen molar-refractivity contribution in [3.8, 4) is 0 Å². The molecule has 0 aromatic heterocycles. The molecule has 1 aromatic carbocycles. The molecule has 0 radical (unpaired) electrons. The normalized spacial score (nSPS) is 11.4. The minimum absolute atomic E-state index is 0.228. The van der Waals surface area contributed by atoms with Crippen molar-refractivity contribution < 1.29 is 19.1 Å². The van der Waals surface area contributed by atoms with Crippen LogP contribution < -0.4 is 10.6 Å².